The molecular weight excluding hydrogens is 644 g/mol. The van der Waals surface area contributed by atoms with Crippen LogP contribution < -0.4 is 40.6 Å². The van der Waals surface area contributed by atoms with E-state index in [2.05, 4.69) is 5.32 Å². The summed E-state index contributed by atoms with van der Waals surface area (Å²) >= 11 is 5.37. The summed E-state index contributed by atoms with van der Waals surface area (Å²) in [6, 6.07) is -0.831. The molecule has 22 heavy (non-hydrogen) atoms. The van der Waals surface area contributed by atoms with E-state index >= 15 is 0 Å². The van der Waals surface area contributed by atoms with Crippen LogP contribution in [0, 0.1) is 10.7 Å². The van der Waals surface area contributed by atoms with Crippen LogP contribution in [0.25, 0.3) is 0 Å². The predicted molar refractivity (Wildman–Crippen MR) is 101 cm³/mol. The summed E-state index contributed by atoms with van der Waals surface area (Å²) in [6.07, 6.45) is 0. The Balaban J connectivity index is 0. The second-order valence-corrected chi connectivity index (χ2v) is 7.18. The van der Waals surface area contributed by atoms with Gasteiger partial charge in [0.05, 0.1) is 37.5 Å². The molecule has 1 aromatic carbocycles. The van der Waals surface area contributed by atoms with E-state index in [-0.39, 0.29) is 55.0 Å². The molecule has 6 N–H and O–H groups in total. The molecular formula is C11H12I3N2NaO5. The number of aliphatic hydroxyl groups is 2. The number of carbonyl (C=O) groups excluding carboxylic acids is 2. The van der Waals surface area contributed by atoms with Gasteiger partial charge < -0.3 is 27.8 Å². The van der Waals surface area contributed by atoms with Gasteiger partial charge in [-0.1, -0.05) is 0 Å². The number of hydrogen-bond acceptors (Lipinski definition) is 5. The molecule has 0 aliphatic rings. The van der Waals surface area contributed by atoms with Crippen molar-refractivity contribution in [3.63, 3.8) is 0 Å². The third kappa shape index (κ3) is 5.03. The molecule has 0 aliphatic carbocycles. The fourth-order valence-corrected chi connectivity index (χ4v) is 5.66. The minimum atomic E-state index is -0.831. The number of aliphatic hydroxyl groups excluding tert-OH is 2. The molecule has 1 aromatic rings. The van der Waals surface area contributed by atoms with Crippen LogP contribution in [0.2, 0.25) is 0 Å². The van der Waals surface area contributed by atoms with Gasteiger partial charge in [-0.3, -0.25) is 9.59 Å². The molecule has 1 rings (SSSR count). The summed E-state index contributed by atoms with van der Waals surface area (Å²) in [5.41, 5.74) is 5.42. The molecule has 7 nitrogen and oxygen atoms in total. The van der Waals surface area contributed by atoms with Gasteiger partial charge in [-0.05, 0) is 67.8 Å². The van der Waals surface area contributed by atoms with E-state index < -0.39 is 31.1 Å². The Morgan fingerprint density at radius 2 is 1.55 bits per heavy atom. The number of amides is 2. The Bertz CT molecular complexity index is 602. The molecule has 11 heteroatoms. The Morgan fingerprint density at radius 1 is 1.09 bits per heavy atom. The van der Waals surface area contributed by atoms with Gasteiger partial charge in [0.2, 0.25) is 0 Å². The number of nitrogens with two attached hydrogens (primary N) is 1. The van der Waals surface area contributed by atoms with Crippen molar-refractivity contribution in [3.8, 4) is 5.75 Å². The quantitative estimate of drug-likeness (QED) is 0.177. The molecule has 0 fully saturated rings. The van der Waals surface area contributed by atoms with E-state index in [1.807, 2.05) is 0 Å². The minimum absolute atomic E-state index is 0. The van der Waals surface area contributed by atoms with Crippen LogP contribution >= 0.6 is 67.8 Å². The summed E-state index contributed by atoms with van der Waals surface area (Å²) in [4.78, 5) is 23.7. The summed E-state index contributed by atoms with van der Waals surface area (Å²) in [5, 5.41) is 30.4. The third-order valence-electron chi connectivity index (χ3n) is 2.54. The molecule has 0 saturated heterocycles. The van der Waals surface area contributed by atoms with Crippen LogP contribution in [0.15, 0.2) is 0 Å². The summed E-state index contributed by atoms with van der Waals surface area (Å²) in [7, 11) is 0. The fourth-order valence-electron chi connectivity index (χ4n) is 1.47. The van der Waals surface area contributed by atoms with Gasteiger partial charge in [0.25, 0.3) is 11.8 Å². The van der Waals surface area contributed by atoms with Crippen LogP contribution in [0.1, 0.15) is 22.1 Å². The zero-order chi connectivity index (χ0) is 16.3. The summed E-state index contributed by atoms with van der Waals surface area (Å²) in [6.45, 7) is -0.872. The molecule has 0 aliphatic heterocycles. The Morgan fingerprint density at radius 3 is 1.95 bits per heavy atom. The summed E-state index contributed by atoms with van der Waals surface area (Å²) < 4.78 is 0.837. The number of phenolic OH excluding ortho intramolecular Hbond substituents is 1. The van der Waals surface area contributed by atoms with E-state index in [1.54, 1.807) is 67.8 Å². The van der Waals surface area contributed by atoms with E-state index in [9.17, 15) is 14.7 Å². The second kappa shape index (κ2) is 10.1. The number of benzene rings is 1. The van der Waals surface area contributed by atoms with E-state index in [0.717, 1.165) is 0 Å². The van der Waals surface area contributed by atoms with Crippen molar-refractivity contribution in [2.24, 2.45) is 5.73 Å². The maximum atomic E-state index is 12.2. The number of phenols is 1. The molecule has 118 valence electrons. The first-order valence-electron chi connectivity index (χ1n) is 5.48. The number of hydrogen-bond donors (Lipinski definition) is 5. The zero-order valence-corrected chi connectivity index (χ0v) is 19.8. The van der Waals surface area contributed by atoms with Crippen molar-refractivity contribution in [2.45, 2.75) is 6.04 Å². The molecule has 0 atom stereocenters. The van der Waals surface area contributed by atoms with E-state index in [1.165, 1.54) is 0 Å². The molecule has 0 radical (unpaired) electrons. The maximum Gasteiger partial charge on any atom is 1.00 e. The Hall–Kier alpha value is 1.07. The van der Waals surface area contributed by atoms with Crippen molar-refractivity contribution in [3.05, 3.63) is 21.8 Å². The number of aromatic hydroxyl groups is 1. The van der Waals surface area contributed by atoms with Crippen LogP contribution in [0.5, 0.6) is 5.75 Å². The van der Waals surface area contributed by atoms with Crippen molar-refractivity contribution in [1.82, 2.24) is 5.32 Å². The predicted octanol–water partition coefficient (Wildman–Crippen LogP) is -2.50. The minimum Gasteiger partial charge on any atom is -1.00 e. The van der Waals surface area contributed by atoms with Crippen molar-refractivity contribution >= 4 is 79.6 Å². The van der Waals surface area contributed by atoms with Crippen LogP contribution in [-0.4, -0.2) is 46.4 Å². The topological polar surface area (TPSA) is 133 Å². The second-order valence-electron chi connectivity index (χ2n) is 3.94. The van der Waals surface area contributed by atoms with Gasteiger partial charge in [0.15, 0.2) is 0 Å². The molecule has 2 amide bonds. The normalized spacial score (nSPS) is 10.3. The van der Waals surface area contributed by atoms with Gasteiger partial charge in [-0.15, -0.1) is 0 Å². The van der Waals surface area contributed by atoms with Crippen LogP contribution in [0.3, 0.4) is 0 Å². The van der Waals surface area contributed by atoms with Gasteiger partial charge in [-0.2, -0.15) is 0 Å². The van der Waals surface area contributed by atoms with Crippen LogP contribution in [-0.2, 0) is 0 Å². The largest absolute Gasteiger partial charge is 1.00 e. The number of halogens is 3. The first kappa shape index (κ1) is 23.1. The number of rotatable bonds is 5. The standard InChI is InChI=1S/C11H11I3N2O5.Na.H/c12-6-4(10(15)20)7(13)9(19)8(14)5(6)11(21)16-3(1-17)2-18;;/h3,17-19H,1-2H2,(H2,15,20)(H,16,21);;/q;+1;-1. The molecule has 0 spiro atoms. The molecule has 0 aromatic heterocycles. The number of carbonyl (C=O) groups is 2. The summed E-state index contributed by atoms with van der Waals surface area (Å²) in [5.74, 6) is -1.59. The molecule has 0 unspecified atom stereocenters. The third-order valence-corrected chi connectivity index (χ3v) is 5.72. The molecule has 0 saturated carbocycles. The Kier molecular flexibility index (Phi) is 10.6. The van der Waals surface area contributed by atoms with E-state index in [4.69, 9.17) is 15.9 Å². The molecule has 0 heterocycles. The van der Waals surface area contributed by atoms with Gasteiger partial charge in [0, 0.05) is 3.57 Å². The van der Waals surface area contributed by atoms with E-state index in [0.29, 0.717) is 3.57 Å². The van der Waals surface area contributed by atoms with Crippen molar-refractivity contribution in [2.75, 3.05) is 13.2 Å². The number of primary amides is 1. The fraction of sp³-hybridized carbons (Fsp3) is 0.273. The monoisotopic (exact) mass is 656 g/mol. The maximum absolute atomic E-state index is 12.2. The Labute approximate surface area is 191 Å². The first-order chi connectivity index (χ1) is 9.76. The van der Waals surface area contributed by atoms with Gasteiger partial charge in [0.1, 0.15) is 5.75 Å². The van der Waals surface area contributed by atoms with Crippen molar-refractivity contribution in [1.29, 1.82) is 0 Å². The SMILES string of the molecule is NC(=O)c1c(I)c(O)c(I)c(C(=O)NC(CO)CO)c1I.[H-].[Na+]. The average molecular weight is 656 g/mol. The van der Waals surface area contributed by atoms with Crippen molar-refractivity contribution < 1.29 is 55.9 Å². The van der Waals surface area contributed by atoms with Crippen LogP contribution in [0.4, 0.5) is 0 Å². The average Bonchev–Trinajstić information content (AvgIpc) is 2.42. The number of nitrogens with one attached hydrogen (secondary N) is 1. The van der Waals surface area contributed by atoms with Gasteiger partial charge >= 0.3 is 29.6 Å². The first-order valence-corrected chi connectivity index (χ1v) is 8.71. The van der Waals surface area contributed by atoms with Gasteiger partial charge in [-0.25, -0.2) is 0 Å². The molecule has 0 bridgehead atoms. The zero-order valence-electron chi connectivity index (χ0n) is 12.4. The smallest absolute Gasteiger partial charge is 1.00 e.